The molecule has 0 saturated carbocycles. The zero-order valence-corrected chi connectivity index (χ0v) is 13.7. The molecule has 2 aliphatic rings. The van der Waals surface area contributed by atoms with Crippen molar-refractivity contribution in [3.8, 4) is 0 Å². The van der Waals surface area contributed by atoms with Crippen LogP contribution in [-0.2, 0) is 27.2 Å². The standard InChI is InChI=1S/C19H20N2O3/c1-24-19(23)12-10-17(22)21(11-12)18-13-6-2-4-8-15(13)20-16-9-5-3-7-14(16)18/h2,4,6,8,12H,3,5,7,9-11H2,1H3. The normalized spacial score (nSPS) is 20.3. The fourth-order valence-electron chi connectivity index (χ4n) is 3.90. The third-order valence-corrected chi connectivity index (χ3v) is 5.07. The number of hydrogen-bond acceptors (Lipinski definition) is 4. The number of methoxy groups -OCH3 is 1. The molecule has 124 valence electrons. The predicted octanol–water partition coefficient (Wildman–Crippen LogP) is 2.64. The number of nitrogens with zero attached hydrogens (tertiary/aromatic N) is 2. The molecule has 1 aliphatic heterocycles. The molecule has 2 aromatic rings. The van der Waals surface area contributed by atoms with Crippen LogP contribution in [0, 0.1) is 5.92 Å². The van der Waals surface area contributed by atoms with E-state index in [1.54, 1.807) is 4.90 Å². The van der Waals surface area contributed by atoms with Crippen LogP contribution in [0.3, 0.4) is 0 Å². The highest BCUT2D eigenvalue weighted by atomic mass is 16.5. The molecule has 1 fully saturated rings. The maximum absolute atomic E-state index is 12.6. The number of fused-ring (bicyclic) bond motifs is 2. The van der Waals surface area contributed by atoms with Gasteiger partial charge in [0, 0.05) is 24.0 Å². The maximum Gasteiger partial charge on any atom is 0.311 e. The lowest BCUT2D eigenvalue weighted by Gasteiger charge is -2.26. The summed E-state index contributed by atoms with van der Waals surface area (Å²) >= 11 is 0. The summed E-state index contributed by atoms with van der Waals surface area (Å²) < 4.78 is 4.84. The highest BCUT2D eigenvalue weighted by molar-refractivity contribution is 6.07. The van der Waals surface area contributed by atoms with Gasteiger partial charge in [0.25, 0.3) is 0 Å². The van der Waals surface area contributed by atoms with Crippen molar-refractivity contribution < 1.29 is 14.3 Å². The first-order chi connectivity index (χ1) is 11.7. The number of rotatable bonds is 2. The molecular weight excluding hydrogens is 304 g/mol. The molecule has 5 nitrogen and oxygen atoms in total. The van der Waals surface area contributed by atoms with Gasteiger partial charge in [-0.1, -0.05) is 18.2 Å². The van der Waals surface area contributed by atoms with Crippen LogP contribution < -0.4 is 4.90 Å². The van der Waals surface area contributed by atoms with Crippen molar-refractivity contribution in [2.24, 2.45) is 5.92 Å². The fraction of sp³-hybridized carbons (Fsp3) is 0.421. The number of aromatic nitrogens is 1. The minimum atomic E-state index is -0.381. The molecular formula is C19H20N2O3. The molecule has 2 heterocycles. The first-order valence-corrected chi connectivity index (χ1v) is 8.47. The lowest BCUT2D eigenvalue weighted by molar-refractivity contribution is -0.145. The monoisotopic (exact) mass is 324 g/mol. The molecule has 1 aromatic carbocycles. The molecule has 1 amide bonds. The zero-order valence-electron chi connectivity index (χ0n) is 13.7. The average Bonchev–Trinajstić information content (AvgIpc) is 3.00. The second-order valence-electron chi connectivity index (χ2n) is 6.54. The Balaban J connectivity index is 1.86. The second kappa shape index (κ2) is 5.89. The van der Waals surface area contributed by atoms with E-state index in [0.717, 1.165) is 48.0 Å². The molecule has 0 spiro atoms. The summed E-state index contributed by atoms with van der Waals surface area (Å²) in [6, 6.07) is 7.95. The summed E-state index contributed by atoms with van der Waals surface area (Å²) in [6.45, 7) is 0.395. The van der Waals surface area contributed by atoms with Gasteiger partial charge in [0.1, 0.15) is 0 Å². The van der Waals surface area contributed by atoms with E-state index in [1.165, 1.54) is 12.7 Å². The summed E-state index contributed by atoms with van der Waals surface area (Å²) in [4.78, 5) is 31.1. The Morgan fingerprint density at radius 3 is 2.88 bits per heavy atom. The highest BCUT2D eigenvalue weighted by Crippen LogP contribution is 2.38. The average molecular weight is 324 g/mol. The minimum absolute atomic E-state index is 0.00507. The number of anilines is 1. The maximum atomic E-state index is 12.6. The quantitative estimate of drug-likeness (QED) is 0.797. The van der Waals surface area contributed by atoms with E-state index in [0.29, 0.717) is 6.54 Å². The Labute approximate surface area is 140 Å². The molecule has 0 bridgehead atoms. The molecule has 5 heteroatoms. The van der Waals surface area contributed by atoms with E-state index in [9.17, 15) is 9.59 Å². The smallest absolute Gasteiger partial charge is 0.311 e. The topological polar surface area (TPSA) is 59.5 Å². The summed E-state index contributed by atoms with van der Waals surface area (Å²) in [6.07, 6.45) is 4.36. The van der Waals surface area contributed by atoms with E-state index < -0.39 is 0 Å². The number of aryl methyl sites for hydroxylation is 1. The molecule has 1 unspecified atom stereocenters. The van der Waals surface area contributed by atoms with Crippen molar-refractivity contribution in [2.45, 2.75) is 32.1 Å². The number of para-hydroxylation sites is 1. The highest BCUT2D eigenvalue weighted by Gasteiger charge is 2.38. The zero-order chi connectivity index (χ0) is 16.7. The molecule has 0 N–H and O–H groups in total. The lowest BCUT2D eigenvalue weighted by atomic mass is 9.92. The van der Waals surface area contributed by atoms with Gasteiger partial charge in [-0.05, 0) is 37.3 Å². The van der Waals surface area contributed by atoms with Crippen LogP contribution in [0.1, 0.15) is 30.5 Å². The number of esters is 1. The van der Waals surface area contributed by atoms with E-state index in [1.807, 2.05) is 24.3 Å². The summed E-state index contributed by atoms with van der Waals surface area (Å²) in [5.41, 5.74) is 4.16. The Kier molecular flexibility index (Phi) is 3.71. The first-order valence-electron chi connectivity index (χ1n) is 8.47. The third kappa shape index (κ3) is 2.35. The number of amides is 1. The molecule has 4 rings (SSSR count). The Bertz CT molecular complexity index is 831. The van der Waals surface area contributed by atoms with Gasteiger partial charge in [0.2, 0.25) is 5.91 Å². The van der Waals surface area contributed by atoms with Gasteiger partial charge in [-0.2, -0.15) is 0 Å². The van der Waals surface area contributed by atoms with Crippen LogP contribution in [0.15, 0.2) is 24.3 Å². The van der Waals surface area contributed by atoms with E-state index >= 15 is 0 Å². The van der Waals surface area contributed by atoms with Crippen molar-refractivity contribution in [1.82, 2.24) is 4.98 Å². The first kappa shape index (κ1) is 15.1. The van der Waals surface area contributed by atoms with Crippen molar-refractivity contribution in [1.29, 1.82) is 0 Å². The summed E-state index contributed by atoms with van der Waals surface area (Å²) in [7, 11) is 1.37. The molecule has 0 radical (unpaired) electrons. The van der Waals surface area contributed by atoms with Crippen LogP contribution in [0.5, 0.6) is 0 Å². The van der Waals surface area contributed by atoms with Crippen molar-refractivity contribution >= 4 is 28.5 Å². The van der Waals surface area contributed by atoms with Gasteiger partial charge in [0.05, 0.1) is 24.2 Å². The van der Waals surface area contributed by atoms with E-state index in [-0.39, 0.29) is 24.2 Å². The third-order valence-electron chi connectivity index (χ3n) is 5.07. The van der Waals surface area contributed by atoms with Crippen molar-refractivity contribution in [3.63, 3.8) is 0 Å². The molecule has 1 aliphatic carbocycles. The number of benzene rings is 1. The number of carbonyl (C=O) groups is 2. The van der Waals surface area contributed by atoms with E-state index in [2.05, 4.69) is 0 Å². The Morgan fingerprint density at radius 2 is 2.04 bits per heavy atom. The molecule has 1 saturated heterocycles. The Hall–Kier alpha value is -2.43. The molecule has 24 heavy (non-hydrogen) atoms. The van der Waals surface area contributed by atoms with Crippen molar-refractivity contribution in [3.05, 3.63) is 35.5 Å². The van der Waals surface area contributed by atoms with Gasteiger partial charge in [-0.3, -0.25) is 14.6 Å². The second-order valence-corrected chi connectivity index (χ2v) is 6.54. The van der Waals surface area contributed by atoms with Gasteiger partial charge in [-0.15, -0.1) is 0 Å². The predicted molar refractivity (Wildman–Crippen MR) is 90.9 cm³/mol. The number of pyridine rings is 1. The SMILES string of the molecule is COC(=O)C1CC(=O)N(c2c3c(nc4ccccc24)CCCC3)C1. The van der Waals surface area contributed by atoms with E-state index in [4.69, 9.17) is 9.72 Å². The number of hydrogen-bond donors (Lipinski definition) is 0. The van der Waals surface area contributed by atoms with Crippen LogP contribution in [0.25, 0.3) is 10.9 Å². The Morgan fingerprint density at radius 1 is 1.25 bits per heavy atom. The largest absolute Gasteiger partial charge is 0.469 e. The van der Waals surface area contributed by atoms with Gasteiger partial charge in [0.15, 0.2) is 0 Å². The fourth-order valence-corrected chi connectivity index (χ4v) is 3.90. The van der Waals surface area contributed by atoms with Gasteiger partial charge >= 0.3 is 5.97 Å². The number of ether oxygens (including phenoxy) is 1. The van der Waals surface area contributed by atoms with Crippen LogP contribution in [-0.4, -0.2) is 30.5 Å². The van der Waals surface area contributed by atoms with Gasteiger partial charge in [-0.25, -0.2) is 0 Å². The van der Waals surface area contributed by atoms with Crippen molar-refractivity contribution in [2.75, 3.05) is 18.6 Å². The van der Waals surface area contributed by atoms with Gasteiger partial charge < -0.3 is 9.64 Å². The minimum Gasteiger partial charge on any atom is -0.469 e. The lowest BCUT2D eigenvalue weighted by Crippen LogP contribution is -2.28. The number of carbonyl (C=O) groups excluding carboxylic acids is 2. The molecule has 1 aromatic heterocycles. The molecule has 1 atom stereocenters. The summed E-state index contributed by atoms with van der Waals surface area (Å²) in [5, 5.41) is 0.997. The van der Waals surface area contributed by atoms with Crippen LogP contribution >= 0.6 is 0 Å². The van der Waals surface area contributed by atoms with Crippen LogP contribution in [0.2, 0.25) is 0 Å². The summed E-state index contributed by atoms with van der Waals surface area (Å²) in [5.74, 6) is -0.693. The van der Waals surface area contributed by atoms with Crippen LogP contribution in [0.4, 0.5) is 5.69 Å².